The quantitative estimate of drug-likeness (QED) is 0.669. The fourth-order valence-corrected chi connectivity index (χ4v) is 4.03. The number of rotatable bonds is 7. The zero-order valence-electron chi connectivity index (χ0n) is 16.8. The fraction of sp³-hybridized carbons (Fsp3) is 0.750. The lowest BCUT2D eigenvalue weighted by Crippen LogP contribution is -2.48. The molecule has 162 valence electrons. The SMILES string of the molecule is O=C(CCCNc1ncccn1)N1CCC[C@](O)(CN2CCC(F)(F)CC2)CC1. The molecule has 9 heteroatoms. The molecule has 1 amide bonds. The van der Waals surface area contributed by atoms with Gasteiger partial charge in [0, 0.05) is 70.9 Å². The van der Waals surface area contributed by atoms with E-state index in [9.17, 15) is 18.7 Å². The smallest absolute Gasteiger partial charge is 0.250 e. The zero-order chi connectivity index (χ0) is 20.7. The summed E-state index contributed by atoms with van der Waals surface area (Å²) in [5.41, 5.74) is -0.909. The molecule has 0 radical (unpaired) electrons. The van der Waals surface area contributed by atoms with Gasteiger partial charge >= 0.3 is 0 Å². The fourth-order valence-electron chi connectivity index (χ4n) is 4.03. The number of aliphatic hydroxyl groups is 1. The predicted molar refractivity (Wildman–Crippen MR) is 106 cm³/mol. The van der Waals surface area contributed by atoms with Gasteiger partial charge in [0.2, 0.25) is 11.9 Å². The third-order valence-corrected chi connectivity index (χ3v) is 5.79. The molecule has 0 saturated carbocycles. The number of piperidine rings is 1. The molecule has 2 saturated heterocycles. The summed E-state index contributed by atoms with van der Waals surface area (Å²) in [5.74, 6) is -1.94. The molecule has 3 rings (SSSR count). The summed E-state index contributed by atoms with van der Waals surface area (Å²) >= 11 is 0. The van der Waals surface area contributed by atoms with E-state index in [0.29, 0.717) is 70.9 Å². The van der Waals surface area contributed by atoms with Crippen LogP contribution in [0.15, 0.2) is 18.5 Å². The standard InChI is InChI=1S/C20H31F2N5O2/c21-20(22)7-13-26(14-8-20)16-19(29)5-2-12-27(15-6-19)17(28)4-1-9-23-18-24-10-3-11-25-18/h3,10-11,29H,1-2,4-9,12-16H2,(H,23,24,25)/t19-/m1/s1. The number of nitrogens with one attached hydrogen (secondary N) is 1. The molecular weight excluding hydrogens is 380 g/mol. The van der Waals surface area contributed by atoms with Crippen LogP contribution in [0.5, 0.6) is 0 Å². The number of hydrogen-bond donors (Lipinski definition) is 2. The van der Waals surface area contributed by atoms with Crippen LogP contribution in [0.3, 0.4) is 0 Å². The first-order chi connectivity index (χ1) is 13.9. The number of amides is 1. The zero-order valence-corrected chi connectivity index (χ0v) is 16.8. The Morgan fingerprint density at radius 2 is 1.83 bits per heavy atom. The van der Waals surface area contributed by atoms with Gasteiger partial charge in [0.1, 0.15) is 0 Å². The van der Waals surface area contributed by atoms with Crippen molar-refractivity contribution in [2.24, 2.45) is 0 Å². The minimum Gasteiger partial charge on any atom is -0.388 e. The van der Waals surface area contributed by atoms with Gasteiger partial charge < -0.3 is 20.2 Å². The van der Waals surface area contributed by atoms with Gasteiger partial charge in [-0.3, -0.25) is 4.79 Å². The molecule has 3 heterocycles. The Morgan fingerprint density at radius 1 is 1.10 bits per heavy atom. The van der Waals surface area contributed by atoms with Crippen molar-refractivity contribution in [3.63, 3.8) is 0 Å². The van der Waals surface area contributed by atoms with Crippen molar-refractivity contribution in [1.82, 2.24) is 19.8 Å². The highest BCUT2D eigenvalue weighted by Gasteiger charge is 2.38. The summed E-state index contributed by atoms with van der Waals surface area (Å²) in [6.07, 6.45) is 5.95. The number of carbonyl (C=O) groups excluding carboxylic acids is 1. The number of anilines is 1. The van der Waals surface area contributed by atoms with Crippen LogP contribution in [0.25, 0.3) is 0 Å². The topological polar surface area (TPSA) is 81.6 Å². The van der Waals surface area contributed by atoms with Gasteiger partial charge in [-0.25, -0.2) is 18.7 Å². The van der Waals surface area contributed by atoms with E-state index in [4.69, 9.17) is 0 Å². The summed E-state index contributed by atoms with van der Waals surface area (Å²) in [5, 5.41) is 14.1. The molecule has 0 aromatic carbocycles. The second kappa shape index (κ2) is 9.75. The van der Waals surface area contributed by atoms with Gasteiger partial charge in [-0.1, -0.05) is 0 Å². The van der Waals surface area contributed by atoms with Gasteiger partial charge in [0.05, 0.1) is 5.60 Å². The monoisotopic (exact) mass is 411 g/mol. The van der Waals surface area contributed by atoms with Crippen LogP contribution in [-0.4, -0.2) is 81.6 Å². The number of β-amino-alcohol motifs (C(OH)–C–C–N with tert-alkyl or cyclic N) is 1. The summed E-state index contributed by atoms with van der Waals surface area (Å²) < 4.78 is 26.7. The van der Waals surface area contributed by atoms with E-state index in [1.165, 1.54) is 0 Å². The maximum Gasteiger partial charge on any atom is 0.250 e. The second-order valence-corrected chi connectivity index (χ2v) is 8.19. The van der Waals surface area contributed by atoms with E-state index in [-0.39, 0.29) is 18.7 Å². The van der Waals surface area contributed by atoms with Crippen molar-refractivity contribution >= 4 is 11.9 Å². The number of halogens is 2. The molecule has 2 aliphatic heterocycles. The van der Waals surface area contributed by atoms with E-state index in [1.54, 1.807) is 18.5 Å². The van der Waals surface area contributed by atoms with Crippen LogP contribution in [0.2, 0.25) is 0 Å². The van der Waals surface area contributed by atoms with Crippen molar-refractivity contribution in [2.75, 3.05) is 44.6 Å². The first-order valence-corrected chi connectivity index (χ1v) is 10.5. The third-order valence-electron chi connectivity index (χ3n) is 5.79. The van der Waals surface area contributed by atoms with Crippen molar-refractivity contribution in [3.8, 4) is 0 Å². The van der Waals surface area contributed by atoms with Gasteiger partial charge in [0.15, 0.2) is 0 Å². The van der Waals surface area contributed by atoms with Crippen LogP contribution < -0.4 is 5.32 Å². The van der Waals surface area contributed by atoms with Crippen molar-refractivity contribution < 1.29 is 18.7 Å². The number of carbonyl (C=O) groups is 1. The van der Waals surface area contributed by atoms with Gasteiger partial charge in [-0.15, -0.1) is 0 Å². The van der Waals surface area contributed by atoms with Crippen LogP contribution >= 0.6 is 0 Å². The van der Waals surface area contributed by atoms with Crippen LogP contribution in [0, 0.1) is 0 Å². The van der Waals surface area contributed by atoms with Crippen LogP contribution in [0.1, 0.15) is 44.9 Å². The van der Waals surface area contributed by atoms with Gasteiger partial charge in [-0.05, 0) is 31.7 Å². The highest BCUT2D eigenvalue weighted by atomic mass is 19.3. The van der Waals surface area contributed by atoms with Crippen LogP contribution in [0.4, 0.5) is 14.7 Å². The Bertz CT molecular complexity index is 654. The van der Waals surface area contributed by atoms with Crippen molar-refractivity contribution in [2.45, 2.75) is 56.5 Å². The molecule has 0 spiro atoms. The highest BCUT2D eigenvalue weighted by Crippen LogP contribution is 2.30. The Labute approximate surface area is 170 Å². The Hall–Kier alpha value is -1.87. The van der Waals surface area contributed by atoms with E-state index in [0.717, 1.165) is 6.42 Å². The maximum absolute atomic E-state index is 13.3. The van der Waals surface area contributed by atoms with E-state index in [2.05, 4.69) is 15.3 Å². The first-order valence-electron chi connectivity index (χ1n) is 10.5. The molecule has 29 heavy (non-hydrogen) atoms. The van der Waals surface area contributed by atoms with Crippen LogP contribution in [-0.2, 0) is 4.79 Å². The largest absolute Gasteiger partial charge is 0.388 e. The first kappa shape index (κ1) is 21.8. The lowest BCUT2D eigenvalue weighted by molar-refractivity contribution is -0.131. The number of hydrogen-bond acceptors (Lipinski definition) is 6. The molecular formula is C20H31F2N5O2. The number of aromatic nitrogens is 2. The van der Waals surface area contributed by atoms with Crippen molar-refractivity contribution in [3.05, 3.63) is 18.5 Å². The van der Waals surface area contributed by atoms with E-state index in [1.807, 2.05) is 9.80 Å². The summed E-state index contributed by atoms with van der Waals surface area (Å²) in [7, 11) is 0. The summed E-state index contributed by atoms with van der Waals surface area (Å²) in [6, 6.07) is 1.75. The molecule has 0 bridgehead atoms. The lowest BCUT2D eigenvalue weighted by Gasteiger charge is -2.37. The predicted octanol–water partition coefficient (Wildman–Crippen LogP) is 2.14. The van der Waals surface area contributed by atoms with E-state index < -0.39 is 11.5 Å². The molecule has 0 aliphatic carbocycles. The minimum atomic E-state index is -2.58. The maximum atomic E-state index is 13.3. The molecule has 2 fully saturated rings. The van der Waals surface area contributed by atoms with E-state index >= 15 is 0 Å². The minimum absolute atomic E-state index is 0.0858. The normalized spacial score (nSPS) is 25.4. The highest BCUT2D eigenvalue weighted by molar-refractivity contribution is 5.76. The molecule has 1 aromatic rings. The Kier molecular flexibility index (Phi) is 7.34. The number of alkyl halides is 2. The third kappa shape index (κ3) is 6.85. The Balaban J connectivity index is 1.38. The molecule has 2 aliphatic rings. The number of likely N-dealkylation sites (tertiary alicyclic amines) is 2. The Morgan fingerprint density at radius 3 is 2.55 bits per heavy atom. The number of nitrogens with zero attached hydrogens (tertiary/aromatic N) is 4. The second-order valence-electron chi connectivity index (χ2n) is 8.19. The molecule has 0 unspecified atom stereocenters. The molecule has 7 nitrogen and oxygen atoms in total. The molecule has 1 atom stereocenters. The molecule has 1 aromatic heterocycles. The lowest BCUT2D eigenvalue weighted by atomic mass is 9.93. The van der Waals surface area contributed by atoms with Crippen molar-refractivity contribution in [1.29, 1.82) is 0 Å². The summed E-state index contributed by atoms with van der Waals surface area (Å²) in [6.45, 7) is 2.80. The van der Waals surface area contributed by atoms with Gasteiger partial charge in [-0.2, -0.15) is 0 Å². The molecule has 2 N–H and O–H groups in total. The van der Waals surface area contributed by atoms with Gasteiger partial charge in [0.25, 0.3) is 5.92 Å². The summed E-state index contributed by atoms with van der Waals surface area (Å²) in [4.78, 5) is 24.4. The average Bonchev–Trinajstić information content (AvgIpc) is 2.89. The average molecular weight is 411 g/mol.